The number of aromatic nitrogens is 6. The van der Waals surface area contributed by atoms with Crippen LogP contribution in [-0.2, 0) is 13.0 Å². The molecule has 0 aliphatic carbocycles. The predicted octanol–water partition coefficient (Wildman–Crippen LogP) is 3.14. The Labute approximate surface area is 138 Å². The number of aryl methyl sites for hydroxylation is 2. The van der Waals surface area contributed by atoms with E-state index in [-0.39, 0.29) is 0 Å². The highest BCUT2D eigenvalue weighted by Gasteiger charge is 2.26. The number of nitrogens with zero attached hydrogens (tertiary/aromatic N) is 5. The summed E-state index contributed by atoms with van der Waals surface area (Å²) in [6, 6.07) is 8.07. The molecule has 6 heteroatoms. The summed E-state index contributed by atoms with van der Waals surface area (Å²) >= 11 is 0. The molecule has 6 nitrogen and oxygen atoms in total. The van der Waals surface area contributed by atoms with Crippen molar-refractivity contribution in [2.45, 2.75) is 26.3 Å². The Balaban J connectivity index is 1.83. The standard InChI is InChI=1S/C18H16N6/c1-11-4-2-5-13(22-11)17-15(14-6-3-9-24(14)23-17)16-12-7-8-19-18(12)21-10-20-16/h2,4-5,7-8,10H,3,6,9H2,1H3,(H,19,20,21). The van der Waals surface area contributed by atoms with Crippen LogP contribution >= 0.6 is 0 Å². The molecule has 0 bridgehead atoms. The first-order valence-corrected chi connectivity index (χ1v) is 8.13. The second kappa shape index (κ2) is 4.99. The van der Waals surface area contributed by atoms with Crippen LogP contribution in [0.2, 0.25) is 0 Å². The Morgan fingerprint density at radius 3 is 3.00 bits per heavy atom. The van der Waals surface area contributed by atoms with E-state index in [1.54, 1.807) is 6.33 Å². The molecule has 4 aromatic rings. The van der Waals surface area contributed by atoms with Gasteiger partial charge in [0.15, 0.2) is 0 Å². The van der Waals surface area contributed by atoms with Gasteiger partial charge in [-0.2, -0.15) is 5.10 Å². The van der Waals surface area contributed by atoms with Crippen LogP contribution in [0.4, 0.5) is 0 Å². The Kier molecular flexibility index (Phi) is 2.79. The van der Waals surface area contributed by atoms with Gasteiger partial charge in [-0.05, 0) is 38.0 Å². The number of fused-ring (bicyclic) bond motifs is 2. The highest BCUT2D eigenvalue weighted by Crippen LogP contribution is 2.38. The molecule has 1 aliphatic heterocycles. The number of hydrogen-bond donors (Lipinski definition) is 1. The van der Waals surface area contributed by atoms with Crippen molar-refractivity contribution in [3.63, 3.8) is 0 Å². The molecule has 0 saturated carbocycles. The van der Waals surface area contributed by atoms with Crippen LogP contribution in [-0.4, -0.2) is 29.7 Å². The summed E-state index contributed by atoms with van der Waals surface area (Å²) in [5.41, 5.74) is 6.92. The highest BCUT2D eigenvalue weighted by atomic mass is 15.3. The summed E-state index contributed by atoms with van der Waals surface area (Å²) in [5.74, 6) is 0. The first-order valence-electron chi connectivity index (χ1n) is 8.13. The third-order valence-corrected chi connectivity index (χ3v) is 4.56. The molecule has 0 aromatic carbocycles. The maximum absolute atomic E-state index is 4.85. The summed E-state index contributed by atoms with van der Waals surface area (Å²) in [4.78, 5) is 16.8. The Hall–Kier alpha value is -3.02. The number of H-pyrrole nitrogens is 1. The quantitative estimate of drug-likeness (QED) is 0.616. The van der Waals surface area contributed by atoms with Crippen molar-refractivity contribution < 1.29 is 0 Å². The smallest absolute Gasteiger partial charge is 0.141 e. The fourth-order valence-electron chi connectivity index (χ4n) is 3.51. The number of hydrogen-bond acceptors (Lipinski definition) is 4. The van der Waals surface area contributed by atoms with Crippen LogP contribution in [0.25, 0.3) is 33.7 Å². The van der Waals surface area contributed by atoms with Crippen molar-refractivity contribution in [3.8, 4) is 22.6 Å². The zero-order valence-electron chi connectivity index (χ0n) is 13.3. The second-order valence-corrected chi connectivity index (χ2v) is 6.12. The molecule has 0 spiro atoms. The van der Waals surface area contributed by atoms with E-state index in [1.165, 1.54) is 5.69 Å². The first kappa shape index (κ1) is 13.4. The molecular weight excluding hydrogens is 300 g/mol. The van der Waals surface area contributed by atoms with Crippen LogP contribution in [0.5, 0.6) is 0 Å². The number of nitrogens with one attached hydrogen (secondary N) is 1. The molecule has 5 heterocycles. The van der Waals surface area contributed by atoms with Crippen molar-refractivity contribution >= 4 is 11.0 Å². The summed E-state index contributed by atoms with van der Waals surface area (Å²) in [6.07, 6.45) is 5.65. The van der Waals surface area contributed by atoms with Crippen LogP contribution in [0.3, 0.4) is 0 Å². The topological polar surface area (TPSA) is 72.3 Å². The van der Waals surface area contributed by atoms with Crippen molar-refractivity contribution in [3.05, 3.63) is 48.2 Å². The lowest BCUT2D eigenvalue weighted by molar-refractivity contribution is 0.658. The largest absolute Gasteiger partial charge is 0.346 e. The van der Waals surface area contributed by atoms with Gasteiger partial charge in [0.25, 0.3) is 0 Å². The van der Waals surface area contributed by atoms with Crippen molar-refractivity contribution in [1.29, 1.82) is 0 Å². The molecule has 0 unspecified atom stereocenters. The van der Waals surface area contributed by atoms with Gasteiger partial charge in [0.05, 0.1) is 17.0 Å². The van der Waals surface area contributed by atoms with E-state index < -0.39 is 0 Å². The lowest BCUT2D eigenvalue weighted by Gasteiger charge is -2.06. The number of rotatable bonds is 2. The van der Waals surface area contributed by atoms with Gasteiger partial charge in [-0.25, -0.2) is 9.97 Å². The minimum atomic E-state index is 0.848. The minimum absolute atomic E-state index is 0.848. The minimum Gasteiger partial charge on any atom is -0.346 e. The van der Waals surface area contributed by atoms with Gasteiger partial charge in [-0.3, -0.25) is 9.67 Å². The Morgan fingerprint density at radius 1 is 1.12 bits per heavy atom. The zero-order chi connectivity index (χ0) is 16.1. The van der Waals surface area contributed by atoms with Gasteiger partial charge in [0, 0.05) is 29.5 Å². The fraction of sp³-hybridized carbons (Fsp3) is 0.222. The van der Waals surface area contributed by atoms with E-state index in [4.69, 9.17) is 5.10 Å². The third kappa shape index (κ3) is 1.89. The summed E-state index contributed by atoms with van der Waals surface area (Å²) in [7, 11) is 0. The Bertz CT molecular complexity index is 1060. The lowest BCUT2D eigenvalue weighted by atomic mass is 10.0. The van der Waals surface area contributed by atoms with Gasteiger partial charge in [-0.15, -0.1) is 0 Å². The number of aromatic amines is 1. The molecule has 0 atom stereocenters. The molecule has 1 aliphatic rings. The summed E-state index contributed by atoms with van der Waals surface area (Å²) < 4.78 is 2.11. The molecule has 4 aromatic heterocycles. The van der Waals surface area contributed by atoms with Crippen LogP contribution < -0.4 is 0 Å². The highest BCUT2D eigenvalue weighted by molar-refractivity contribution is 5.95. The van der Waals surface area contributed by atoms with Gasteiger partial charge < -0.3 is 4.98 Å². The maximum atomic E-state index is 4.85. The predicted molar refractivity (Wildman–Crippen MR) is 91.4 cm³/mol. The van der Waals surface area contributed by atoms with E-state index in [9.17, 15) is 0 Å². The average Bonchev–Trinajstić information content (AvgIpc) is 3.29. The molecule has 0 saturated heterocycles. The second-order valence-electron chi connectivity index (χ2n) is 6.12. The van der Waals surface area contributed by atoms with Gasteiger partial charge >= 0.3 is 0 Å². The molecular formula is C18H16N6. The molecule has 5 rings (SSSR count). The summed E-state index contributed by atoms with van der Waals surface area (Å²) in [6.45, 7) is 2.96. The van der Waals surface area contributed by atoms with Gasteiger partial charge in [0.1, 0.15) is 17.7 Å². The van der Waals surface area contributed by atoms with Crippen LogP contribution in [0.1, 0.15) is 17.8 Å². The first-order chi connectivity index (χ1) is 11.8. The van der Waals surface area contributed by atoms with E-state index in [2.05, 4.69) is 24.6 Å². The summed E-state index contributed by atoms with van der Waals surface area (Å²) in [5, 5.41) is 5.88. The van der Waals surface area contributed by atoms with Crippen molar-refractivity contribution in [2.24, 2.45) is 0 Å². The number of pyridine rings is 1. The maximum Gasteiger partial charge on any atom is 0.141 e. The van der Waals surface area contributed by atoms with E-state index >= 15 is 0 Å². The zero-order valence-corrected chi connectivity index (χ0v) is 13.3. The molecule has 1 N–H and O–H groups in total. The van der Waals surface area contributed by atoms with E-state index in [1.807, 2.05) is 37.4 Å². The van der Waals surface area contributed by atoms with E-state index in [0.717, 1.165) is 58.8 Å². The molecule has 0 radical (unpaired) electrons. The fourth-order valence-corrected chi connectivity index (χ4v) is 3.51. The third-order valence-electron chi connectivity index (χ3n) is 4.56. The van der Waals surface area contributed by atoms with Crippen molar-refractivity contribution in [2.75, 3.05) is 0 Å². The monoisotopic (exact) mass is 316 g/mol. The SMILES string of the molecule is Cc1cccc(-c2nn3c(c2-c2ncnc4[nH]ccc24)CCC3)n1. The molecule has 0 amide bonds. The average molecular weight is 316 g/mol. The molecule has 0 fully saturated rings. The van der Waals surface area contributed by atoms with Crippen molar-refractivity contribution in [1.82, 2.24) is 29.7 Å². The van der Waals surface area contributed by atoms with Gasteiger partial charge in [0.2, 0.25) is 0 Å². The Morgan fingerprint density at radius 2 is 2.08 bits per heavy atom. The molecule has 118 valence electrons. The van der Waals surface area contributed by atoms with Gasteiger partial charge in [-0.1, -0.05) is 6.07 Å². The van der Waals surface area contributed by atoms with Crippen LogP contribution in [0.15, 0.2) is 36.8 Å². The lowest BCUT2D eigenvalue weighted by Crippen LogP contribution is -1.95. The van der Waals surface area contributed by atoms with E-state index in [0.29, 0.717) is 0 Å². The van der Waals surface area contributed by atoms with Crippen LogP contribution in [0, 0.1) is 6.92 Å². The normalized spacial score (nSPS) is 13.5. The molecule has 24 heavy (non-hydrogen) atoms.